The van der Waals surface area contributed by atoms with Crippen molar-refractivity contribution in [1.29, 1.82) is 0 Å². The van der Waals surface area contributed by atoms with E-state index in [0.29, 0.717) is 0 Å². The summed E-state index contributed by atoms with van der Waals surface area (Å²) in [4.78, 5) is 0. The van der Waals surface area contributed by atoms with Gasteiger partial charge in [-0.25, -0.2) is 0 Å². The first-order chi connectivity index (χ1) is 3.71. The van der Waals surface area contributed by atoms with E-state index >= 15 is 0 Å². The molecule has 1 rings (SSSR count). The molecule has 0 spiro atoms. The maximum atomic E-state index is 2.90. The molecule has 1 aliphatic rings. The predicted octanol–water partition coefficient (Wildman–Crippen LogP) is 1.41. The molecule has 0 saturated carbocycles. The lowest BCUT2D eigenvalue weighted by molar-refractivity contribution is -0.784. The Labute approximate surface area is 53.9 Å². The molecule has 1 aliphatic heterocycles. The van der Waals surface area contributed by atoms with Crippen molar-refractivity contribution in [3.8, 4) is 0 Å². The molecule has 1 unspecified atom stereocenters. The van der Waals surface area contributed by atoms with Gasteiger partial charge in [0.25, 0.3) is 0 Å². The summed E-state index contributed by atoms with van der Waals surface area (Å²) < 4.78 is 1.17. The van der Waals surface area contributed by atoms with Gasteiger partial charge in [-0.3, -0.25) is 0 Å². The molecule has 0 aromatic carbocycles. The Balaban J connectivity index is 2.33. The van der Waals surface area contributed by atoms with Crippen molar-refractivity contribution in [2.24, 2.45) is 0 Å². The summed E-state index contributed by atoms with van der Waals surface area (Å²) in [5, 5.41) is 0. The summed E-state index contributed by atoms with van der Waals surface area (Å²) in [6, 6.07) is 0. The smallest absolute Gasteiger partial charge is 0.0791 e. The molecule has 0 N–H and O–H groups in total. The van der Waals surface area contributed by atoms with E-state index in [9.17, 15) is 0 Å². The second-order valence-electron chi connectivity index (χ2n) is 2.99. The minimum absolute atomic E-state index is 1.17. The summed E-state index contributed by atoms with van der Waals surface area (Å²) in [7, 11) is 5.18. The van der Waals surface area contributed by atoms with Crippen LogP contribution < -0.4 is 0 Å². The lowest BCUT2D eigenvalue weighted by Gasteiger charge is -2.32. The summed E-state index contributed by atoms with van der Waals surface area (Å²) in [5.74, 6) is 0. The van der Waals surface area contributed by atoms with Crippen molar-refractivity contribution in [3.63, 3.8) is 0 Å². The van der Waals surface area contributed by atoms with Gasteiger partial charge in [-0.1, -0.05) is 0 Å². The highest BCUT2D eigenvalue weighted by Crippen LogP contribution is 2.20. The molecule has 2 heteroatoms. The zero-order chi connectivity index (χ0) is 6.04. The topological polar surface area (TPSA) is 0 Å². The molecule has 1 saturated heterocycles. The number of hydrogen-bond donors (Lipinski definition) is 0. The van der Waals surface area contributed by atoms with Crippen LogP contribution in [0.4, 0.5) is 0 Å². The third kappa shape index (κ3) is 1.72. The van der Waals surface area contributed by atoms with Crippen molar-refractivity contribution in [1.82, 2.24) is 0 Å². The average Bonchev–Trinajstić information content (AvgIpc) is 1.65. The fourth-order valence-electron chi connectivity index (χ4n) is 1.23. The number of likely N-dealkylation sites (tertiary alicyclic amines) is 1. The minimum Gasteiger partial charge on any atom is -0.317 e. The Hall–Kier alpha value is 0.390. The van der Waals surface area contributed by atoms with Gasteiger partial charge < -0.3 is 4.25 Å². The fourth-order valence-corrected chi connectivity index (χ4v) is 1.60. The summed E-state index contributed by atoms with van der Waals surface area (Å²) in [6.07, 6.45) is 4.28. The Morgan fingerprint density at radius 3 is 1.88 bits per heavy atom. The van der Waals surface area contributed by atoms with E-state index in [2.05, 4.69) is 16.4 Å². The van der Waals surface area contributed by atoms with Crippen LogP contribution in [0.5, 0.6) is 0 Å². The quantitative estimate of drug-likeness (QED) is 0.437. The van der Waals surface area contributed by atoms with Crippen LogP contribution in [0.15, 0.2) is 0 Å². The van der Waals surface area contributed by atoms with E-state index in [1.54, 1.807) is 0 Å². The summed E-state index contributed by atoms with van der Waals surface area (Å²) in [5.41, 5.74) is 0. The molecule has 0 radical (unpaired) electrons. The van der Waals surface area contributed by atoms with Crippen LogP contribution in [-0.4, -0.2) is 24.4 Å². The largest absolute Gasteiger partial charge is 0.317 e. The molecule has 0 bridgehead atoms. The first-order valence-corrected chi connectivity index (χ1v) is 3.85. The molecule has 0 aliphatic carbocycles. The molecular weight excluding hydrogens is 117 g/mol. The summed E-state index contributed by atoms with van der Waals surface area (Å²) in [6.45, 7) is 2.70. The highest BCUT2D eigenvalue weighted by Gasteiger charge is 2.17. The van der Waals surface area contributed by atoms with Crippen molar-refractivity contribution in [2.45, 2.75) is 19.3 Å². The zero-order valence-corrected chi connectivity index (χ0v) is 6.71. The highest BCUT2D eigenvalue weighted by atomic mass is 31.0. The second kappa shape index (κ2) is 2.33. The molecule has 1 atom stereocenters. The van der Waals surface area contributed by atoms with Crippen molar-refractivity contribution < 1.29 is 4.25 Å². The van der Waals surface area contributed by atoms with Crippen LogP contribution in [0.25, 0.3) is 0 Å². The number of hydrogen-bond acceptors (Lipinski definition) is 0. The second-order valence-corrected chi connectivity index (χ2v) is 4.23. The highest BCUT2D eigenvalue weighted by molar-refractivity contribution is 7.08. The van der Waals surface area contributed by atoms with Crippen LogP contribution in [0.3, 0.4) is 0 Å². The molecular formula is C6H15NP+. The maximum absolute atomic E-state index is 2.90. The van der Waals surface area contributed by atoms with Crippen molar-refractivity contribution >= 4 is 9.39 Å². The van der Waals surface area contributed by atoms with Gasteiger partial charge in [0.1, 0.15) is 0 Å². The minimum atomic E-state index is 1.17. The van der Waals surface area contributed by atoms with Gasteiger partial charge in [0.15, 0.2) is 0 Å². The van der Waals surface area contributed by atoms with Gasteiger partial charge in [0.05, 0.1) is 29.5 Å². The van der Waals surface area contributed by atoms with Crippen molar-refractivity contribution in [3.05, 3.63) is 0 Å². The van der Waals surface area contributed by atoms with Crippen LogP contribution in [0.2, 0.25) is 0 Å². The molecule has 1 fully saturated rings. The van der Waals surface area contributed by atoms with Crippen LogP contribution in [0.1, 0.15) is 19.3 Å². The van der Waals surface area contributed by atoms with Gasteiger partial charge in [-0.2, -0.15) is 0 Å². The maximum Gasteiger partial charge on any atom is 0.0791 e. The van der Waals surface area contributed by atoms with E-state index in [1.807, 2.05) is 0 Å². The zero-order valence-electron chi connectivity index (χ0n) is 5.56. The van der Waals surface area contributed by atoms with Crippen LogP contribution in [0, 0.1) is 0 Å². The van der Waals surface area contributed by atoms with Crippen molar-refractivity contribution in [2.75, 3.05) is 20.1 Å². The molecule has 0 amide bonds. The fraction of sp³-hybridized carbons (Fsp3) is 1.00. The third-order valence-electron chi connectivity index (χ3n) is 1.84. The average molecular weight is 132 g/mol. The van der Waals surface area contributed by atoms with E-state index in [-0.39, 0.29) is 0 Å². The van der Waals surface area contributed by atoms with Gasteiger partial charge in [-0.15, -0.1) is 0 Å². The molecule has 8 heavy (non-hydrogen) atoms. The van der Waals surface area contributed by atoms with E-state index in [4.69, 9.17) is 0 Å². The van der Waals surface area contributed by atoms with E-state index < -0.39 is 0 Å². The Kier molecular flexibility index (Phi) is 1.89. The first-order valence-electron chi connectivity index (χ1n) is 3.34. The summed E-state index contributed by atoms with van der Waals surface area (Å²) >= 11 is 0. The van der Waals surface area contributed by atoms with E-state index in [1.165, 1.54) is 36.6 Å². The number of nitrogens with zero attached hydrogens (tertiary/aromatic N) is 1. The third-order valence-corrected chi connectivity index (χ3v) is 2.35. The standard InChI is InChI=1S/C6H15NP/c1-7(8)5-3-2-4-6-7/h2-6,8H2,1H3/q+1. The van der Waals surface area contributed by atoms with Gasteiger partial charge >= 0.3 is 0 Å². The molecule has 0 aromatic heterocycles. The van der Waals surface area contributed by atoms with Gasteiger partial charge in [0, 0.05) is 0 Å². The molecule has 1 nitrogen and oxygen atoms in total. The Morgan fingerprint density at radius 2 is 1.62 bits per heavy atom. The lowest BCUT2D eigenvalue weighted by Crippen LogP contribution is -2.37. The normalized spacial score (nSPS) is 27.8. The van der Waals surface area contributed by atoms with Crippen LogP contribution >= 0.6 is 9.39 Å². The SMILES string of the molecule is C[N+]1(P)CCCCC1. The Morgan fingerprint density at radius 1 is 1.12 bits per heavy atom. The Bertz CT molecular complexity index is 72.6. The predicted molar refractivity (Wildman–Crippen MR) is 39.5 cm³/mol. The van der Waals surface area contributed by atoms with Gasteiger partial charge in [0.2, 0.25) is 0 Å². The molecule has 1 heterocycles. The monoisotopic (exact) mass is 132 g/mol. The van der Waals surface area contributed by atoms with Gasteiger partial charge in [-0.05, 0) is 19.3 Å². The molecule has 0 aromatic rings. The number of piperidine rings is 1. The molecule has 48 valence electrons. The number of rotatable bonds is 0. The van der Waals surface area contributed by atoms with E-state index in [0.717, 1.165) is 0 Å². The van der Waals surface area contributed by atoms with Crippen LogP contribution in [-0.2, 0) is 0 Å². The number of quaternary nitrogens is 1. The first kappa shape index (κ1) is 6.51. The lowest BCUT2D eigenvalue weighted by atomic mass is 10.1.